The van der Waals surface area contributed by atoms with E-state index in [1.165, 1.54) is 12.1 Å². The first-order valence-electron chi connectivity index (χ1n) is 8.54. The summed E-state index contributed by atoms with van der Waals surface area (Å²) in [5, 5.41) is 28.4. The molecule has 0 heterocycles. The smallest absolute Gasteiger partial charge is 0.301 e. The molecule has 144 valence electrons. The third-order valence-corrected chi connectivity index (χ3v) is 4.64. The molecule has 0 saturated heterocycles. The number of non-ortho nitro benzene ring substituents is 1. The van der Waals surface area contributed by atoms with Gasteiger partial charge in [-0.15, -0.1) is 0 Å². The van der Waals surface area contributed by atoms with Gasteiger partial charge in [-0.2, -0.15) is 5.10 Å². The molecule has 0 bridgehead atoms. The summed E-state index contributed by atoms with van der Waals surface area (Å²) in [6.45, 7) is 0. The molecule has 9 heteroatoms. The fourth-order valence-electron chi connectivity index (χ4n) is 3.29. The molecule has 0 aromatic heterocycles. The molecular weight excluding hydrogens is 376 g/mol. The summed E-state index contributed by atoms with van der Waals surface area (Å²) < 4.78 is 5.43. The number of methoxy groups -OCH3 is 1. The van der Waals surface area contributed by atoms with Crippen molar-refractivity contribution in [1.82, 2.24) is 0 Å². The lowest BCUT2D eigenvalue weighted by Gasteiger charge is -2.16. The number of anilines is 1. The van der Waals surface area contributed by atoms with Gasteiger partial charge in [0.1, 0.15) is 11.4 Å². The summed E-state index contributed by atoms with van der Waals surface area (Å²) in [6.07, 6.45) is 3.70. The summed E-state index contributed by atoms with van der Waals surface area (Å²) in [7, 11) is 1.60. The van der Waals surface area contributed by atoms with Gasteiger partial charge in [-0.25, -0.2) is 0 Å². The number of allylic oxidation sites excluding steroid dienone is 1. The van der Waals surface area contributed by atoms with E-state index in [9.17, 15) is 20.2 Å². The van der Waals surface area contributed by atoms with Crippen LogP contribution in [0.5, 0.6) is 5.75 Å². The van der Waals surface area contributed by atoms with E-state index in [2.05, 4.69) is 10.5 Å². The zero-order chi connectivity index (χ0) is 20.5. The first-order chi connectivity index (χ1) is 14.0. The second kappa shape index (κ2) is 7.04. The lowest BCUT2D eigenvalue weighted by Crippen LogP contribution is -2.07. The average molecular weight is 390 g/mol. The molecular formula is C20H14N4O5. The average Bonchev–Trinajstić information content (AvgIpc) is 2.73. The van der Waals surface area contributed by atoms with Crippen LogP contribution >= 0.6 is 0 Å². The van der Waals surface area contributed by atoms with Crippen LogP contribution in [0, 0.1) is 20.2 Å². The molecule has 0 amide bonds. The number of nitro groups is 2. The molecule has 1 N–H and O–H groups in total. The summed E-state index contributed by atoms with van der Waals surface area (Å²) >= 11 is 0. The minimum absolute atomic E-state index is 0.0603. The number of hydrogen-bond donors (Lipinski definition) is 1. The van der Waals surface area contributed by atoms with Crippen LogP contribution in [0.1, 0.15) is 11.1 Å². The van der Waals surface area contributed by atoms with E-state index in [-0.39, 0.29) is 11.4 Å². The maximum absolute atomic E-state index is 11.3. The molecule has 0 radical (unpaired) electrons. The molecule has 0 atom stereocenters. The van der Waals surface area contributed by atoms with Crippen molar-refractivity contribution < 1.29 is 14.6 Å². The zero-order valence-electron chi connectivity index (χ0n) is 15.2. The Bertz CT molecular complexity index is 1230. The molecule has 0 fully saturated rings. The molecule has 29 heavy (non-hydrogen) atoms. The van der Waals surface area contributed by atoms with Crippen molar-refractivity contribution in [2.75, 3.05) is 12.5 Å². The van der Waals surface area contributed by atoms with Crippen molar-refractivity contribution in [1.29, 1.82) is 0 Å². The Hall–Kier alpha value is -4.27. The molecule has 1 aliphatic rings. The van der Waals surface area contributed by atoms with Crippen LogP contribution in [0.4, 0.5) is 17.1 Å². The summed E-state index contributed by atoms with van der Waals surface area (Å²) in [5.74, 6) is 0.735. The first kappa shape index (κ1) is 18.1. The number of benzene rings is 3. The van der Waals surface area contributed by atoms with E-state index in [4.69, 9.17) is 4.74 Å². The van der Waals surface area contributed by atoms with E-state index in [1.807, 2.05) is 36.4 Å². The van der Waals surface area contributed by atoms with Crippen LogP contribution in [-0.2, 0) is 0 Å². The number of rotatable bonds is 5. The zero-order valence-corrected chi connectivity index (χ0v) is 15.2. The Morgan fingerprint density at radius 1 is 1.00 bits per heavy atom. The molecule has 3 aromatic rings. The molecule has 0 aliphatic heterocycles. The maximum atomic E-state index is 11.3. The lowest BCUT2D eigenvalue weighted by atomic mass is 9.91. The number of hydrazone groups is 1. The number of hydrogen-bond acceptors (Lipinski definition) is 7. The number of nitrogens with zero attached hydrogens (tertiary/aromatic N) is 3. The second-order valence-electron chi connectivity index (χ2n) is 6.24. The van der Waals surface area contributed by atoms with E-state index in [0.717, 1.165) is 33.7 Å². The van der Waals surface area contributed by atoms with Crippen molar-refractivity contribution >= 4 is 39.6 Å². The van der Waals surface area contributed by atoms with Crippen LogP contribution in [0.15, 0.2) is 59.7 Å². The van der Waals surface area contributed by atoms with Gasteiger partial charge in [-0.05, 0) is 23.8 Å². The highest BCUT2D eigenvalue weighted by Crippen LogP contribution is 2.35. The molecule has 9 nitrogen and oxygen atoms in total. The van der Waals surface area contributed by atoms with E-state index in [1.54, 1.807) is 13.2 Å². The lowest BCUT2D eigenvalue weighted by molar-refractivity contribution is -0.393. The molecule has 0 spiro atoms. The van der Waals surface area contributed by atoms with E-state index < -0.39 is 15.5 Å². The van der Waals surface area contributed by atoms with Gasteiger partial charge >= 0.3 is 5.69 Å². The predicted octanol–water partition coefficient (Wildman–Crippen LogP) is 4.51. The van der Waals surface area contributed by atoms with Crippen molar-refractivity contribution in [2.45, 2.75) is 0 Å². The Morgan fingerprint density at radius 2 is 1.83 bits per heavy atom. The largest absolute Gasteiger partial charge is 0.496 e. The maximum Gasteiger partial charge on any atom is 0.301 e. The van der Waals surface area contributed by atoms with Crippen LogP contribution in [0.25, 0.3) is 16.8 Å². The van der Waals surface area contributed by atoms with Crippen molar-refractivity contribution in [3.8, 4) is 5.75 Å². The molecule has 0 saturated carbocycles. The highest BCUT2D eigenvalue weighted by atomic mass is 16.6. The third-order valence-electron chi connectivity index (χ3n) is 4.64. The van der Waals surface area contributed by atoms with Crippen molar-refractivity contribution in [3.63, 3.8) is 0 Å². The van der Waals surface area contributed by atoms with Crippen LogP contribution in [0.3, 0.4) is 0 Å². The summed E-state index contributed by atoms with van der Waals surface area (Å²) in [5.41, 5.74) is 4.37. The quantitative estimate of drug-likeness (QED) is 0.506. The van der Waals surface area contributed by atoms with E-state index in [0.29, 0.717) is 5.71 Å². The standard InChI is InChI=1S/C20H14N4O5/c1-29-19-10-6-12-5-8-16(14-3-2-4-15(19)20(12)14)21-22-17-9-7-13(23(25)26)11-18(17)24(27)28/h2-11,22H,1H3. The van der Waals surface area contributed by atoms with Gasteiger partial charge < -0.3 is 4.74 Å². The highest BCUT2D eigenvalue weighted by Gasteiger charge is 2.20. The third kappa shape index (κ3) is 3.14. The predicted molar refractivity (Wildman–Crippen MR) is 109 cm³/mol. The Morgan fingerprint density at radius 3 is 2.55 bits per heavy atom. The van der Waals surface area contributed by atoms with Crippen LogP contribution in [0.2, 0.25) is 0 Å². The van der Waals surface area contributed by atoms with Gasteiger partial charge in [0, 0.05) is 22.4 Å². The monoisotopic (exact) mass is 390 g/mol. The normalized spacial score (nSPS) is 13.5. The Balaban J connectivity index is 1.77. The first-order valence-corrected chi connectivity index (χ1v) is 8.54. The molecule has 3 aromatic carbocycles. The fourth-order valence-corrected chi connectivity index (χ4v) is 3.29. The van der Waals surface area contributed by atoms with Crippen LogP contribution < -0.4 is 10.2 Å². The second-order valence-corrected chi connectivity index (χ2v) is 6.24. The SMILES string of the molecule is COc1ccc2c3c(cccc13)C(=NNc1ccc([N+](=O)[O-])cc1[N+](=O)[O-])C=C2. The van der Waals surface area contributed by atoms with Gasteiger partial charge in [0.25, 0.3) is 5.69 Å². The fraction of sp³-hybridized carbons (Fsp3) is 0.0500. The van der Waals surface area contributed by atoms with E-state index >= 15 is 0 Å². The Kier molecular flexibility index (Phi) is 4.40. The van der Waals surface area contributed by atoms with Crippen LogP contribution in [-0.4, -0.2) is 22.7 Å². The van der Waals surface area contributed by atoms with Gasteiger partial charge in [-0.1, -0.05) is 30.3 Å². The van der Waals surface area contributed by atoms with Gasteiger partial charge in [-0.3, -0.25) is 25.7 Å². The minimum atomic E-state index is -0.687. The number of nitrogens with one attached hydrogen (secondary N) is 1. The summed E-state index contributed by atoms with van der Waals surface area (Å²) in [6, 6.07) is 12.9. The molecule has 4 rings (SSSR count). The number of nitro benzene ring substituents is 2. The van der Waals surface area contributed by atoms with Crippen molar-refractivity contribution in [3.05, 3.63) is 86.0 Å². The van der Waals surface area contributed by atoms with Gasteiger partial charge in [0.05, 0.1) is 28.7 Å². The van der Waals surface area contributed by atoms with Gasteiger partial charge in [0.2, 0.25) is 0 Å². The Labute approximate surface area is 164 Å². The highest BCUT2D eigenvalue weighted by molar-refractivity contribution is 6.23. The topological polar surface area (TPSA) is 120 Å². The molecule has 0 unspecified atom stereocenters. The van der Waals surface area contributed by atoms with Crippen molar-refractivity contribution in [2.24, 2.45) is 5.10 Å². The minimum Gasteiger partial charge on any atom is -0.496 e. The molecule has 1 aliphatic carbocycles. The summed E-state index contributed by atoms with van der Waals surface area (Å²) in [4.78, 5) is 20.8. The number of ether oxygens (including phenoxy) is 1. The van der Waals surface area contributed by atoms with Gasteiger partial charge in [0.15, 0.2) is 0 Å².